The van der Waals surface area contributed by atoms with Gasteiger partial charge in [0.25, 0.3) is 0 Å². The molecule has 0 fully saturated rings. The molecule has 0 aliphatic rings. The molecule has 0 saturated carbocycles. The molecule has 0 rings (SSSR count). The summed E-state index contributed by atoms with van der Waals surface area (Å²) in [6, 6.07) is 0. The van der Waals surface area contributed by atoms with E-state index in [2.05, 4.69) is 10.2 Å². The van der Waals surface area contributed by atoms with Gasteiger partial charge >= 0.3 is 5.97 Å². The zero-order valence-electron chi connectivity index (χ0n) is 7.31. The van der Waals surface area contributed by atoms with Crippen molar-refractivity contribution in [1.29, 1.82) is 0 Å². The molecule has 0 amide bonds. The highest BCUT2D eigenvalue weighted by Gasteiger charge is 1.98. The Labute approximate surface area is 94.6 Å². The minimum absolute atomic E-state index is 0.114. The Morgan fingerprint density at radius 3 is 2.50 bits per heavy atom. The van der Waals surface area contributed by atoms with Crippen molar-refractivity contribution in [3.8, 4) is 0 Å². The minimum atomic E-state index is -0.411. The fraction of sp³-hybridized carbons (Fsp3) is 0.833. The van der Waals surface area contributed by atoms with Crippen molar-refractivity contribution in [2.24, 2.45) is 5.34 Å². The van der Waals surface area contributed by atoms with Gasteiger partial charge < -0.3 is 9.57 Å². The van der Waals surface area contributed by atoms with Crippen LogP contribution in [0.1, 0.15) is 0 Å². The molecule has 0 aromatic carbocycles. The standard InChI is InChI=1S/C6H10ClNO4S2/c7-5-6(9)11-1-3-13-14-4-2-12-8-10/h1-5H2. The molecule has 0 unspecified atom stereocenters. The van der Waals surface area contributed by atoms with Gasteiger partial charge in [0.15, 0.2) is 5.34 Å². The number of hydrogen-bond acceptors (Lipinski definition) is 7. The fourth-order valence-electron chi connectivity index (χ4n) is 0.455. The first-order valence-electron chi connectivity index (χ1n) is 3.72. The van der Waals surface area contributed by atoms with E-state index in [1.807, 2.05) is 0 Å². The topological polar surface area (TPSA) is 65.0 Å². The number of alkyl halides is 1. The summed E-state index contributed by atoms with van der Waals surface area (Å²) in [5, 5.41) is 2.25. The van der Waals surface area contributed by atoms with Gasteiger partial charge in [0.05, 0.1) is 0 Å². The second kappa shape index (κ2) is 10.9. The largest absolute Gasteiger partial charge is 0.464 e. The van der Waals surface area contributed by atoms with Crippen LogP contribution in [-0.4, -0.2) is 36.6 Å². The minimum Gasteiger partial charge on any atom is -0.464 e. The normalized spacial score (nSPS) is 9.50. The molecule has 5 nitrogen and oxygen atoms in total. The number of ether oxygens (including phenoxy) is 1. The molecular weight excluding hydrogens is 250 g/mol. The molecule has 0 aliphatic carbocycles. The van der Waals surface area contributed by atoms with Gasteiger partial charge in [-0.3, -0.25) is 4.79 Å². The highest BCUT2D eigenvalue weighted by atomic mass is 35.5. The van der Waals surface area contributed by atoms with Crippen molar-refractivity contribution in [3.05, 3.63) is 4.91 Å². The van der Waals surface area contributed by atoms with Gasteiger partial charge in [-0.2, -0.15) is 0 Å². The second-order valence-corrected chi connectivity index (χ2v) is 4.88. The molecule has 14 heavy (non-hydrogen) atoms. The Kier molecular flexibility index (Phi) is 10.8. The number of rotatable bonds is 9. The van der Waals surface area contributed by atoms with Crippen LogP contribution in [-0.2, 0) is 14.4 Å². The van der Waals surface area contributed by atoms with Gasteiger partial charge in [0, 0.05) is 11.5 Å². The summed E-state index contributed by atoms with van der Waals surface area (Å²) in [7, 11) is 3.05. The Balaban J connectivity index is 2.98. The van der Waals surface area contributed by atoms with Crippen LogP contribution in [0.5, 0.6) is 0 Å². The lowest BCUT2D eigenvalue weighted by Crippen LogP contribution is -2.07. The summed E-state index contributed by atoms with van der Waals surface area (Å²) < 4.78 is 4.71. The number of nitrogens with zero attached hydrogens (tertiary/aromatic N) is 1. The SMILES string of the molecule is O=NOCCSSCCOC(=O)CCl. The Hall–Kier alpha value is -0.140. The maximum Gasteiger partial charge on any atom is 0.320 e. The quantitative estimate of drug-likeness (QED) is 0.157. The molecular formula is C6H10ClNO4S2. The fourth-order valence-corrected chi connectivity index (χ4v) is 2.18. The Bertz CT molecular complexity index is 172. The van der Waals surface area contributed by atoms with Crippen molar-refractivity contribution in [2.75, 3.05) is 30.6 Å². The predicted octanol–water partition coefficient (Wildman–Crippen LogP) is 1.85. The summed E-state index contributed by atoms with van der Waals surface area (Å²) in [6.07, 6.45) is 0. The lowest BCUT2D eigenvalue weighted by molar-refractivity contribution is -0.139. The average Bonchev–Trinajstić information content (AvgIpc) is 2.21. The molecule has 0 aromatic rings. The van der Waals surface area contributed by atoms with Crippen LogP contribution in [0, 0.1) is 4.91 Å². The van der Waals surface area contributed by atoms with Gasteiger partial charge in [0.1, 0.15) is 19.1 Å². The number of carbonyl (C=O) groups excluding carboxylic acids is 1. The molecule has 0 spiro atoms. The highest BCUT2D eigenvalue weighted by molar-refractivity contribution is 8.76. The first-order valence-corrected chi connectivity index (χ1v) is 6.74. The first kappa shape index (κ1) is 13.9. The van der Waals surface area contributed by atoms with Crippen LogP contribution in [0.25, 0.3) is 0 Å². The van der Waals surface area contributed by atoms with Gasteiger partial charge in [-0.1, -0.05) is 21.6 Å². The van der Waals surface area contributed by atoms with Gasteiger partial charge in [-0.25, -0.2) is 0 Å². The van der Waals surface area contributed by atoms with Crippen molar-refractivity contribution in [2.45, 2.75) is 0 Å². The summed E-state index contributed by atoms with van der Waals surface area (Å²) in [5.74, 6) is 0.823. The molecule has 0 atom stereocenters. The lowest BCUT2D eigenvalue weighted by Gasteiger charge is -2.01. The maximum absolute atomic E-state index is 10.5. The van der Waals surface area contributed by atoms with E-state index in [1.54, 1.807) is 0 Å². The van der Waals surface area contributed by atoms with Crippen LogP contribution in [0.4, 0.5) is 0 Å². The zero-order valence-corrected chi connectivity index (χ0v) is 9.70. The summed E-state index contributed by atoms with van der Waals surface area (Å²) >= 11 is 5.21. The molecule has 0 saturated heterocycles. The van der Waals surface area contributed by atoms with Crippen LogP contribution < -0.4 is 0 Å². The molecule has 0 heterocycles. The molecule has 82 valence electrons. The average molecular weight is 260 g/mol. The third-order valence-electron chi connectivity index (χ3n) is 0.933. The summed E-state index contributed by atoms with van der Waals surface area (Å²) in [6.45, 7) is 0.638. The van der Waals surface area contributed by atoms with Crippen molar-refractivity contribution in [3.63, 3.8) is 0 Å². The second-order valence-electron chi connectivity index (χ2n) is 1.91. The summed E-state index contributed by atoms with van der Waals surface area (Å²) in [5.41, 5.74) is 0. The van der Waals surface area contributed by atoms with Crippen molar-refractivity contribution < 1.29 is 14.4 Å². The smallest absolute Gasteiger partial charge is 0.320 e. The van der Waals surface area contributed by atoms with E-state index in [0.29, 0.717) is 24.7 Å². The lowest BCUT2D eigenvalue weighted by atomic mass is 10.8. The monoisotopic (exact) mass is 259 g/mol. The Morgan fingerprint density at radius 2 is 1.93 bits per heavy atom. The molecule has 0 bridgehead atoms. The molecule has 0 aromatic heterocycles. The molecule has 0 N–H and O–H groups in total. The van der Waals surface area contributed by atoms with Gasteiger partial charge in [-0.05, 0) is 0 Å². The van der Waals surface area contributed by atoms with E-state index in [-0.39, 0.29) is 5.88 Å². The number of halogens is 1. The van der Waals surface area contributed by atoms with E-state index in [0.717, 1.165) is 0 Å². The van der Waals surface area contributed by atoms with E-state index in [1.165, 1.54) is 21.6 Å². The summed E-state index contributed by atoms with van der Waals surface area (Å²) in [4.78, 5) is 24.3. The van der Waals surface area contributed by atoms with Crippen molar-refractivity contribution in [1.82, 2.24) is 0 Å². The third kappa shape index (κ3) is 9.94. The van der Waals surface area contributed by atoms with E-state index in [9.17, 15) is 9.70 Å². The van der Waals surface area contributed by atoms with Crippen LogP contribution >= 0.6 is 33.2 Å². The highest BCUT2D eigenvalue weighted by Crippen LogP contribution is 2.20. The number of carbonyl (C=O) groups is 1. The van der Waals surface area contributed by atoms with E-state index in [4.69, 9.17) is 16.3 Å². The number of esters is 1. The van der Waals surface area contributed by atoms with Gasteiger partial charge in [0.2, 0.25) is 0 Å². The van der Waals surface area contributed by atoms with E-state index >= 15 is 0 Å². The van der Waals surface area contributed by atoms with Gasteiger partial charge in [-0.15, -0.1) is 16.5 Å². The van der Waals surface area contributed by atoms with E-state index < -0.39 is 5.97 Å². The van der Waals surface area contributed by atoms with Crippen molar-refractivity contribution >= 4 is 39.2 Å². The maximum atomic E-state index is 10.5. The predicted molar refractivity (Wildman–Crippen MR) is 58.3 cm³/mol. The van der Waals surface area contributed by atoms with Crippen LogP contribution in [0.3, 0.4) is 0 Å². The molecule has 0 aliphatic heterocycles. The third-order valence-corrected chi connectivity index (χ3v) is 3.48. The van der Waals surface area contributed by atoms with Crippen LogP contribution in [0.2, 0.25) is 0 Å². The number of hydrogen-bond donors (Lipinski definition) is 0. The van der Waals surface area contributed by atoms with Crippen LogP contribution in [0.15, 0.2) is 5.34 Å². The zero-order chi connectivity index (χ0) is 10.6. The molecule has 0 radical (unpaired) electrons. The Morgan fingerprint density at radius 1 is 1.29 bits per heavy atom. The first-order chi connectivity index (χ1) is 6.81. The molecule has 8 heteroatoms.